The fourth-order valence-electron chi connectivity index (χ4n) is 6.73. The molecule has 5 nitrogen and oxygen atoms in total. The van der Waals surface area contributed by atoms with Gasteiger partial charge in [-0.2, -0.15) is 0 Å². The van der Waals surface area contributed by atoms with E-state index in [4.69, 9.17) is 9.72 Å². The number of ether oxygens (including phenoxy) is 1. The number of imidazole rings is 1. The Labute approximate surface area is 173 Å². The first-order chi connectivity index (χ1) is 14.2. The van der Waals surface area contributed by atoms with Crippen molar-refractivity contribution in [1.29, 1.82) is 0 Å². The molecule has 4 bridgehead atoms. The molecule has 4 aliphatic carbocycles. The Bertz CT molecular complexity index is 852. The van der Waals surface area contributed by atoms with Crippen molar-refractivity contribution in [2.24, 2.45) is 23.2 Å². The van der Waals surface area contributed by atoms with E-state index < -0.39 is 0 Å². The molecule has 1 aromatic carbocycles. The van der Waals surface area contributed by atoms with Gasteiger partial charge in [0.1, 0.15) is 5.82 Å². The molecule has 0 aliphatic heterocycles. The maximum Gasteiger partial charge on any atom is 0.226 e. The molecule has 2 aromatic rings. The van der Waals surface area contributed by atoms with Crippen molar-refractivity contribution in [3.05, 3.63) is 30.1 Å². The second-order valence-corrected chi connectivity index (χ2v) is 9.57. The highest BCUT2D eigenvalue weighted by Gasteiger charge is 2.54. The fraction of sp³-hybridized carbons (Fsp3) is 0.667. The second kappa shape index (κ2) is 7.75. The van der Waals surface area contributed by atoms with E-state index in [0.717, 1.165) is 73.4 Å². The molecule has 5 heteroatoms. The minimum Gasteiger partial charge on any atom is -0.380 e. The van der Waals surface area contributed by atoms with E-state index in [0.29, 0.717) is 19.1 Å². The number of para-hydroxylation sites is 2. The van der Waals surface area contributed by atoms with Crippen molar-refractivity contribution in [3.8, 4) is 0 Å². The minimum atomic E-state index is -0.0656. The van der Waals surface area contributed by atoms with E-state index in [9.17, 15) is 4.79 Å². The smallest absolute Gasteiger partial charge is 0.226 e. The van der Waals surface area contributed by atoms with Crippen molar-refractivity contribution in [3.63, 3.8) is 0 Å². The quantitative estimate of drug-likeness (QED) is 0.689. The van der Waals surface area contributed by atoms with Gasteiger partial charge in [0.15, 0.2) is 0 Å². The van der Waals surface area contributed by atoms with Gasteiger partial charge in [0, 0.05) is 31.5 Å². The highest BCUT2D eigenvalue weighted by atomic mass is 16.5. The lowest BCUT2D eigenvalue weighted by atomic mass is 9.49. The van der Waals surface area contributed by atoms with Crippen LogP contribution < -0.4 is 5.32 Å². The van der Waals surface area contributed by atoms with Crippen LogP contribution >= 0.6 is 0 Å². The van der Waals surface area contributed by atoms with Crippen LogP contribution in [0, 0.1) is 23.2 Å². The molecule has 0 spiro atoms. The molecule has 0 saturated heterocycles. The monoisotopic (exact) mass is 395 g/mol. The van der Waals surface area contributed by atoms with Gasteiger partial charge in [0.25, 0.3) is 0 Å². The van der Waals surface area contributed by atoms with Crippen LogP contribution in [0.25, 0.3) is 11.0 Å². The third kappa shape index (κ3) is 3.58. The van der Waals surface area contributed by atoms with Gasteiger partial charge >= 0.3 is 0 Å². The summed E-state index contributed by atoms with van der Waals surface area (Å²) in [6, 6.07) is 8.26. The van der Waals surface area contributed by atoms with Crippen LogP contribution in [0.15, 0.2) is 24.3 Å². The lowest BCUT2D eigenvalue weighted by Crippen LogP contribution is -2.53. The van der Waals surface area contributed by atoms with Crippen molar-refractivity contribution in [2.75, 3.05) is 19.8 Å². The molecule has 0 unspecified atom stereocenters. The zero-order chi connectivity index (χ0) is 19.8. The van der Waals surface area contributed by atoms with Crippen molar-refractivity contribution in [2.45, 2.75) is 58.4 Å². The summed E-state index contributed by atoms with van der Waals surface area (Å²) in [6.07, 6.45) is 8.25. The Kier molecular flexibility index (Phi) is 5.10. The van der Waals surface area contributed by atoms with Crippen LogP contribution in [0.4, 0.5) is 0 Å². The van der Waals surface area contributed by atoms with E-state index in [-0.39, 0.29) is 5.41 Å². The summed E-state index contributed by atoms with van der Waals surface area (Å²) in [4.78, 5) is 18.0. The van der Waals surface area contributed by atoms with E-state index in [1.54, 1.807) is 0 Å². The topological polar surface area (TPSA) is 56.1 Å². The normalized spacial score (nSPS) is 30.2. The van der Waals surface area contributed by atoms with Crippen LogP contribution in [-0.4, -0.2) is 35.2 Å². The molecule has 1 aromatic heterocycles. The van der Waals surface area contributed by atoms with E-state index in [1.165, 1.54) is 19.3 Å². The molecule has 29 heavy (non-hydrogen) atoms. The average molecular weight is 396 g/mol. The van der Waals surface area contributed by atoms with Gasteiger partial charge in [-0.05, 0) is 75.3 Å². The minimum absolute atomic E-state index is 0.0656. The molecule has 1 heterocycles. The maximum absolute atomic E-state index is 13.2. The van der Waals surface area contributed by atoms with Crippen LogP contribution in [0.5, 0.6) is 0 Å². The number of carbonyl (C=O) groups is 1. The summed E-state index contributed by atoms with van der Waals surface area (Å²) >= 11 is 0. The highest BCUT2D eigenvalue weighted by molar-refractivity contribution is 5.83. The van der Waals surface area contributed by atoms with Gasteiger partial charge in [-0.1, -0.05) is 12.1 Å². The summed E-state index contributed by atoms with van der Waals surface area (Å²) < 4.78 is 7.82. The zero-order valence-corrected chi connectivity index (χ0v) is 17.5. The molecular formula is C24H33N3O2. The molecular weight excluding hydrogens is 362 g/mol. The van der Waals surface area contributed by atoms with Gasteiger partial charge < -0.3 is 14.6 Å². The largest absolute Gasteiger partial charge is 0.380 e. The first-order valence-electron chi connectivity index (χ1n) is 11.5. The summed E-state index contributed by atoms with van der Waals surface area (Å²) in [5.41, 5.74) is 2.10. The third-order valence-electron chi connectivity index (χ3n) is 7.55. The predicted octanol–water partition coefficient (Wildman–Crippen LogP) is 3.95. The number of hydrogen-bond donors (Lipinski definition) is 1. The number of carbonyl (C=O) groups excluding carboxylic acids is 1. The van der Waals surface area contributed by atoms with Crippen LogP contribution in [0.3, 0.4) is 0 Å². The Balaban J connectivity index is 1.25. The summed E-state index contributed by atoms with van der Waals surface area (Å²) in [7, 11) is 0. The molecule has 4 fully saturated rings. The SMILES string of the molecule is CCOCCn1c(CCNC(=O)C23CC4CC(CC(C4)C2)C3)nc2ccccc21. The van der Waals surface area contributed by atoms with Crippen molar-refractivity contribution >= 4 is 16.9 Å². The fourth-order valence-corrected chi connectivity index (χ4v) is 6.73. The standard InChI is InChI=1S/C24H33N3O2/c1-2-29-10-9-27-21-6-4-3-5-20(21)26-22(27)7-8-25-23(28)24-14-17-11-18(15-24)13-19(12-17)16-24/h3-6,17-19H,2,7-16H2,1H3,(H,25,28). The number of fused-ring (bicyclic) bond motifs is 1. The zero-order valence-electron chi connectivity index (χ0n) is 17.5. The number of hydrogen-bond acceptors (Lipinski definition) is 3. The Morgan fingerprint density at radius 3 is 2.55 bits per heavy atom. The molecule has 1 N–H and O–H groups in total. The number of nitrogens with zero attached hydrogens (tertiary/aromatic N) is 2. The Morgan fingerprint density at radius 2 is 1.86 bits per heavy atom. The highest BCUT2D eigenvalue weighted by Crippen LogP contribution is 2.60. The number of nitrogens with one attached hydrogen (secondary N) is 1. The van der Waals surface area contributed by atoms with Gasteiger partial charge in [-0.15, -0.1) is 0 Å². The van der Waals surface area contributed by atoms with Gasteiger partial charge in [0.05, 0.1) is 17.6 Å². The summed E-state index contributed by atoms with van der Waals surface area (Å²) in [5, 5.41) is 3.30. The van der Waals surface area contributed by atoms with Crippen LogP contribution in [-0.2, 0) is 22.5 Å². The molecule has 4 aliphatic rings. The summed E-state index contributed by atoms with van der Waals surface area (Å²) in [5.74, 6) is 3.75. The number of rotatable bonds is 8. The third-order valence-corrected chi connectivity index (χ3v) is 7.55. The van der Waals surface area contributed by atoms with E-state index in [1.807, 2.05) is 13.0 Å². The first-order valence-corrected chi connectivity index (χ1v) is 11.5. The van der Waals surface area contributed by atoms with Crippen LogP contribution in [0.2, 0.25) is 0 Å². The van der Waals surface area contributed by atoms with Crippen molar-refractivity contribution in [1.82, 2.24) is 14.9 Å². The average Bonchev–Trinajstić information content (AvgIpc) is 3.05. The first kappa shape index (κ1) is 19.1. The van der Waals surface area contributed by atoms with Crippen LogP contribution in [0.1, 0.15) is 51.3 Å². The lowest BCUT2D eigenvalue weighted by Gasteiger charge is -2.55. The number of benzene rings is 1. The van der Waals surface area contributed by atoms with Crippen molar-refractivity contribution < 1.29 is 9.53 Å². The van der Waals surface area contributed by atoms with Gasteiger partial charge in [0.2, 0.25) is 5.91 Å². The van der Waals surface area contributed by atoms with Gasteiger partial charge in [-0.25, -0.2) is 4.98 Å². The maximum atomic E-state index is 13.2. The number of amides is 1. The van der Waals surface area contributed by atoms with Gasteiger partial charge in [-0.3, -0.25) is 4.79 Å². The molecule has 0 radical (unpaired) electrons. The Morgan fingerprint density at radius 1 is 1.17 bits per heavy atom. The Hall–Kier alpha value is -1.88. The molecule has 0 atom stereocenters. The summed E-state index contributed by atoms with van der Waals surface area (Å²) in [6.45, 7) is 4.89. The second-order valence-electron chi connectivity index (χ2n) is 9.57. The molecule has 156 valence electrons. The molecule has 6 rings (SSSR count). The number of aromatic nitrogens is 2. The van der Waals surface area contributed by atoms with E-state index >= 15 is 0 Å². The molecule has 4 saturated carbocycles. The lowest BCUT2D eigenvalue weighted by molar-refractivity contribution is -0.146. The van der Waals surface area contributed by atoms with E-state index in [2.05, 4.69) is 28.1 Å². The molecule has 1 amide bonds. The predicted molar refractivity (Wildman–Crippen MR) is 114 cm³/mol.